The Kier molecular flexibility index (Phi) is 5.62. The van der Waals surface area contributed by atoms with Crippen molar-refractivity contribution < 1.29 is 12.8 Å². The minimum absolute atomic E-state index is 0.0939. The smallest absolute Gasteiger partial charge is 0.261 e. The van der Waals surface area contributed by atoms with Crippen molar-refractivity contribution in [1.82, 2.24) is 4.98 Å². The molecule has 0 radical (unpaired) electrons. The van der Waals surface area contributed by atoms with Gasteiger partial charge in [0.25, 0.3) is 10.0 Å². The van der Waals surface area contributed by atoms with Crippen LogP contribution < -0.4 is 10.0 Å². The zero-order valence-corrected chi connectivity index (χ0v) is 17.5. The molecule has 2 N–H and O–H groups in total. The number of rotatable bonds is 6. The summed E-state index contributed by atoms with van der Waals surface area (Å²) < 4.78 is 33.2. The van der Waals surface area contributed by atoms with Gasteiger partial charge in [0.1, 0.15) is 17.2 Å². The lowest BCUT2D eigenvalue weighted by Crippen LogP contribution is -2.12. The van der Waals surface area contributed by atoms with Crippen LogP contribution in [0.15, 0.2) is 88.3 Å². The van der Waals surface area contributed by atoms with Crippen LogP contribution in [0.1, 0.15) is 5.89 Å². The van der Waals surface area contributed by atoms with Crippen LogP contribution in [0, 0.1) is 11.3 Å². The highest BCUT2D eigenvalue weighted by molar-refractivity contribution is 7.92. The third-order valence-corrected chi connectivity index (χ3v) is 5.94. The number of halogens is 1. The molecule has 1 heterocycles. The molecule has 0 atom stereocenters. The summed E-state index contributed by atoms with van der Waals surface area (Å²) in [6, 6.07) is 21.7. The molecule has 4 aromatic rings. The quantitative estimate of drug-likeness (QED) is 0.388. The van der Waals surface area contributed by atoms with Crippen molar-refractivity contribution in [2.45, 2.75) is 4.90 Å². The van der Waals surface area contributed by atoms with Crippen molar-refractivity contribution in [3.63, 3.8) is 0 Å². The summed E-state index contributed by atoms with van der Waals surface area (Å²) in [5.41, 5.74) is 2.45. The van der Waals surface area contributed by atoms with Crippen molar-refractivity contribution in [2.24, 2.45) is 0 Å². The average molecular weight is 451 g/mol. The van der Waals surface area contributed by atoms with Crippen LogP contribution in [0.4, 0.5) is 11.4 Å². The number of nitriles is 1. The zero-order valence-electron chi connectivity index (χ0n) is 15.9. The van der Waals surface area contributed by atoms with Gasteiger partial charge in [-0.1, -0.05) is 23.7 Å². The number of nitrogens with zero attached hydrogens (tertiary/aromatic N) is 2. The molecule has 0 fully saturated rings. The molecule has 0 aliphatic heterocycles. The fraction of sp³-hybridized carbons (Fsp3) is 0. The molecule has 1 aromatic heterocycles. The molecule has 0 spiro atoms. The Hall–Kier alpha value is -3.80. The second-order valence-electron chi connectivity index (χ2n) is 6.44. The number of hydrogen-bond acceptors (Lipinski definition) is 6. The van der Waals surface area contributed by atoms with Gasteiger partial charge in [0.05, 0.1) is 4.90 Å². The molecule has 7 nitrogen and oxygen atoms in total. The highest BCUT2D eigenvalue weighted by Gasteiger charge is 2.14. The van der Waals surface area contributed by atoms with Gasteiger partial charge in [-0.3, -0.25) is 4.72 Å². The molecule has 0 amide bonds. The number of para-hydroxylation sites is 2. The maximum atomic E-state index is 12.5. The molecule has 0 saturated carbocycles. The molecular formula is C22H15ClN4O3S. The van der Waals surface area contributed by atoms with Crippen molar-refractivity contribution in [2.75, 3.05) is 10.0 Å². The van der Waals surface area contributed by atoms with E-state index in [1.807, 2.05) is 18.2 Å². The van der Waals surface area contributed by atoms with E-state index in [2.05, 4.69) is 15.0 Å². The summed E-state index contributed by atoms with van der Waals surface area (Å²) in [5, 5.41) is 12.9. The molecule has 0 aliphatic carbocycles. The zero-order chi connectivity index (χ0) is 21.8. The van der Waals surface area contributed by atoms with E-state index < -0.39 is 10.0 Å². The molecule has 31 heavy (non-hydrogen) atoms. The van der Waals surface area contributed by atoms with Crippen LogP contribution in [-0.4, -0.2) is 13.4 Å². The number of anilines is 2. The number of allylic oxidation sites excluding steroid dienone is 1. The number of hydrogen-bond donors (Lipinski definition) is 2. The van der Waals surface area contributed by atoms with Crippen molar-refractivity contribution >= 4 is 49.7 Å². The molecule has 0 saturated heterocycles. The molecule has 0 unspecified atom stereocenters. The lowest BCUT2D eigenvalue weighted by Gasteiger charge is -2.09. The molecular weight excluding hydrogens is 436 g/mol. The summed E-state index contributed by atoms with van der Waals surface area (Å²) in [6.45, 7) is 0. The van der Waals surface area contributed by atoms with Crippen LogP contribution >= 0.6 is 11.6 Å². The second kappa shape index (κ2) is 8.52. The Morgan fingerprint density at radius 3 is 2.35 bits per heavy atom. The first-order chi connectivity index (χ1) is 14.9. The Bertz CT molecular complexity index is 1370. The van der Waals surface area contributed by atoms with Gasteiger partial charge in [0.15, 0.2) is 5.58 Å². The van der Waals surface area contributed by atoms with Gasteiger partial charge in [0, 0.05) is 22.6 Å². The monoisotopic (exact) mass is 450 g/mol. The normalized spacial score (nSPS) is 11.8. The largest absolute Gasteiger partial charge is 0.435 e. The molecule has 0 bridgehead atoms. The average Bonchev–Trinajstić information content (AvgIpc) is 3.20. The van der Waals surface area contributed by atoms with E-state index in [9.17, 15) is 13.7 Å². The van der Waals surface area contributed by atoms with Crippen LogP contribution in [0.3, 0.4) is 0 Å². The second-order valence-corrected chi connectivity index (χ2v) is 8.56. The van der Waals surface area contributed by atoms with Gasteiger partial charge in [-0.05, 0) is 60.7 Å². The summed E-state index contributed by atoms with van der Waals surface area (Å²) in [7, 11) is -3.75. The molecule has 154 valence electrons. The van der Waals surface area contributed by atoms with Gasteiger partial charge in [-0.15, -0.1) is 0 Å². The Labute approximate surface area is 183 Å². The van der Waals surface area contributed by atoms with E-state index in [0.717, 1.165) is 0 Å². The SMILES string of the molecule is N#C/C(=C\Nc1ccc(S(=O)(=O)Nc2ccc(Cl)cc2)cc1)c1nc2ccccc2o1. The fourth-order valence-corrected chi connectivity index (χ4v) is 3.93. The highest BCUT2D eigenvalue weighted by Crippen LogP contribution is 2.22. The van der Waals surface area contributed by atoms with Gasteiger partial charge in [-0.2, -0.15) is 5.26 Å². The molecule has 0 aliphatic rings. The van der Waals surface area contributed by atoms with Crippen LogP contribution in [0.2, 0.25) is 5.02 Å². The number of fused-ring (bicyclic) bond motifs is 1. The Morgan fingerprint density at radius 1 is 1.00 bits per heavy atom. The van der Waals surface area contributed by atoms with Crippen LogP contribution in [-0.2, 0) is 10.0 Å². The maximum Gasteiger partial charge on any atom is 0.261 e. The van der Waals surface area contributed by atoms with E-state index in [1.54, 1.807) is 48.5 Å². The van der Waals surface area contributed by atoms with E-state index in [-0.39, 0.29) is 16.4 Å². The Balaban J connectivity index is 1.49. The lowest BCUT2D eigenvalue weighted by molar-refractivity contribution is 0.586. The number of nitrogens with one attached hydrogen (secondary N) is 2. The van der Waals surface area contributed by atoms with Crippen LogP contribution in [0.25, 0.3) is 16.7 Å². The number of benzene rings is 3. The van der Waals surface area contributed by atoms with Gasteiger partial charge < -0.3 is 9.73 Å². The number of oxazole rings is 1. The van der Waals surface area contributed by atoms with Gasteiger partial charge >= 0.3 is 0 Å². The third-order valence-electron chi connectivity index (χ3n) is 4.29. The summed E-state index contributed by atoms with van der Waals surface area (Å²) in [5.74, 6) is 0.197. The molecule has 4 rings (SSSR count). The fourth-order valence-electron chi connectivity index (χ4n) is 2.75. The summed E-state index contributed by atoms with van der Waals surface area (Å²) in [6.07, 6.45) is 1.46. The predicted octanol–water partition coefficient (Wildman–Crippen LogP) is 5.26. The highest BCUT2D eigenvalue weighted by atomic mass is 35.5. The van der Waals surface area contributed by atoms with E-state index in [1.165, 1.54) is 18.3 Å². The Morgan fingerprint density at radius 2 is 1.68 bits per heavy atom. The first kappa shape index (κ1) is 20.5. The standard InChI is InChI=1S/C22H15ClN4O3S/c23-16-5-7-18(8-6-16)27-31(28,29)19-11-9-17(10-12-19)25-14-15(13-24)22-26-20-3-1-2-4-21(20)30-22/h1-12,14,25,27H/b15-14+. The van der Waals surface area contributed by atoms with Gasteiger partial charge in [-0.25, -0.2) is 13.4 Å². The minimum atomic E-state index is -3.75. The van der Waals surface area contributed by atoms with Crippen molar-refractivity contribution in [1.29, 1.82) is 5.26 Å². The third kappa shape index (κ3) is 4.69. The summed E-state index contributed by atoms with van der Waals surface area (Å²) in [4.78, 5) is 4.39. The van der Waals surface area contributed by atoms with E-state index >= 15 is 0 Å². The predicted molar refractivity (Wildman–Crippen MR) is 120 cm³/mol. The van der Waals surface area contributed by atoms with E-state index in [0.29, 0.717) is 27.5 Å². The number of sulfonamides is 1. The summed E-state index contributed by atoms with van der Waals surface area (Å²) >= 11 is 5.82. The molecule has 9 heteroatoms. The minimum Gasteiger partial charge on any atom is -0.435 e. The first-order valence-corrected chi connectivity index (χ1v) is 10.9. The van der Waals surface area contributed by atoms with Crippen molar-refractivity contribution in [3.05, 3.63) is 89.9 Å². The van der Waals surface area contributed by atoms with E-state index in [4.69, 9.17) is 16.0 Å². The topological polar surface area (TPSA) is 108 Å². The van der Waals surface area contributed by atoms with Crippen molar-refractivity contribution in [3.8, 4) is 6.07 Å². The van der Waals surface area contributed by atoms with Gasteiger partial charge in [0.2, 0.25) is 5.89 Å². The lowest BCUT2D eigenvalue weighted by atomic mass is 10.3. The molecule has 3 aromatic carbocycles. The maximum absolute atomic E-state index is 12.5. The number of aromatic nitrogens is 1. The van der Waals surface area contributed by atoms with Crippen LogP contribution in [0.5, 0.6) is 0 Å². The first-order valence-electron chi connectivity index (χ1n) is 9.06.